The average Bonchev–Trinajstić information content (AvgIpc) is 2.81. The topological polar surface area (TPSA) is 32.3 Å². The number of thioether (sulfide) groups is 1. The molecule has 1 saturated heterocycles. The summed E-state index contributed by atoms with van der Waals surface area (Å²) in [6.45, 7) is 0.444. The fraction of sp³-hybridized carbons (Fsp3) is 0.417. The normalized spacial score (nSPS) is 19.3. The standard InChI is InChI=1S/C12H15FN2OS/c1-15(12(16)11-7-17-8-14-11)6-9-3-2-4-10(13)5-9/h2-5,11,14H,6-8H2,1H3. The minimum absolute atomic E-state index is 0.0688. The third kappa shape index (κ3) is 3.20. The van der Waals surface area contributed by atoms with Crippen molar-refractivity contribution in [2.24, 2.45) is 0 Å². The van der Waals surface area contributed by atoms with Gasteiger partial charge in [0, 0.05) is 25.2 Å². The van der Waals surface area contributed by atoms with E-state index in [1.165, 1.54) is 12.1 Å². The van der Waals surface area contributed by atoms with Gasteiger partial charge >= 0.3 is 0 Å². The minimum atomic E-state index is -0.266. The minimum Gasteiger partial charge on any atom is -0.340 e. The zero-order valence-electron chi connectivity index (χ0n) is 9.65. The summed E-state index contributed by atoms with van der Waals surface area (Å²) in [5.41, 5.74) is 0.812. The Morgan fingerprint density at radius 1 is 1.65 bits per heavy atom. The van der Waals surface area contributed by atoms with Gasteiger partial charge in [-0.25, -0.2) is 4.39 Å². The SMILES string of the molecule is CN(Cc1cccc(F)c1)C(=O)C1CSCN1. The van der Waals surface area contributed by atoms with Crippen molar-refractivity contribution in [1.82, 2.24) is 10.2 Å². The number of hydrogen-bond acceptors (Lipinski definition) is 3. The first-order valence-corrected chi connectivity index (χ1v) is 6.63. The van der Waals surface area contributed by atoms with Gasteiger partial charge in [-0.3, -0.25) is 10.1 Å². The van der Waals surface area contributed by atoms with Crippen LogP contribution < -0.4 is 5.32 Å². The highest BCUT2D eigenvalue weighted by Gasteiger charge is 2.25. The highest BCUT2D eigenvalue weighted by Crippen LogP contribution is 2.13. The number of nitrogens with one attached hydrogen (secondary N) is 1. The number of benzene rings is 1. The van der Waals surface area contributed by atoms with Gasteiger partial charge in [-0.15, -0.1) is 11.8 Å². The molecule has 1 unspecified atom stereocenters. The molecular formula is C12H15FN2OS. The van der Waals surface area contributed by atoms with Crippen LogP contribution in [0.1, 0.15) is 5.56 Å². The molecule has 1 amide bonds. The molecule has 1 heterocycles. The lowest BCUT2D eigenvalue weighted by atomic mass is 10.2. The van der Waals surface area contributed by atoms with Crippen LogP contribution in [0.3, 0.4) is 0 Å². The Hall–Kier alpha value is -1.07. The van der Waals surface area contributed by atoms with E-state index in [9.17, 15) is 9.18 Å². The van der Waals surface area contributed by atoms with Crippen molar-refractivity contribution < 1.29 is 9.18 Å². The van der Waals surface area contributed by atoms with Gasteiger partial charge in [0.15, 0.2) is 0 Å². The number of halogens is 1. The van der Waals surface area contributed by atoms with E-state index in [4.69, 9.17) is 0 Å². The Balaban J connectivity index is 1.96. The number of carbonyl (C=O) groups excluding carboxylic acids is 1. The molecule has 0 aromatic heterocycles. The van der Waals surface area contributed by atoms with Gasteiger partial charge in [-0.1, -0.05) is 12.1 Å². The van der Waals surface area contributed by atoms with E-state index in [2.05, 4.69) is 5.32 Å². The Kier molecular flexibility index (Phi) is 4.02. The molecule has 0 radical (unpaired) electrons. The van der Waals surface area contributed by atoms with Crippen molar-refractivity contribution in [3.63, 3.8) is 0 Å². The lowest BCUT2D eigenvalue weighted by molar-refractivity contribution is -0.131. The van der Waals surface area contributed by atoms with Gasteiger partial charge in [0.25, 0.3) is 0 Å². The molecule has 0 spiro atoms. The third-order valence-electron chi connectivity index (χ3n) is 2.70. The first-order chi connectivity index (χ1) is 8.16. The fourth-order valence-corrected chi connectivity index (χ4v) is 2.74. The quantitative estimate of drug-likeness (QED) is 0.886. The first kappa shape index (κ1) is 12.4. The van der Waals surface area contributed by atoms with Crippen LogP contribution in [-0.2, 0) is 11.3 Å². The third-order valence-corrected chi connectivity index (χ3v) is 3.64. The van der Waals surface area contributed by atoms with E-state index < -0.39 is 0 Å². The second kappa shape index (κ2) is 5.51. The van der Waals surface area contributed by atoms with Crippen LogP contribution in [0, 0.1) is 5.82 Å². The largest absolute Gasteiger partial charge is 0.340 e. The molecule has 1 N–H and O–H groups in total. The van der Waals surface area contributed by atoms with Crippen molar-refractivity contribution in [2.45, 2.75) is 12.6 Å². The van der Waals surface area contributed by atoms with E-state index in [1.54, 1.807) is 29.8 Å². The smallest absolute Gasteiger partial charge is 0.240 e. The molecule has 92 valence electrons. The van der Waals surface area contributed by atoms with Crippen LogP contribution in [0.15, 0.2) is 24.3 Å². The van der Waals surface area contributed by atoms with E-state index >= 15 is 0 Å². The van der Waals surface area contributed by atoms with Crippen LogP contribution >= 0.6 is 11.8 Å². The molecule has 3 nitrogen and oxygen atoms in total. The van der Waals surface area contributed by atoms with Crippen LogP contribution in [-0.4, -0.2) is 35.5 Å². The first-order valence-electron chi connectivity index (χ1n) is 5.47. The molecule has 5 heteroatoms. The Morgan fingerprint density at radius 3 is 3.12 bits per heavy atom. The van der Waals surface area contributed by atoms with Crippen molar-refractivity contribution in [1.29, 1.82) is 0 Å². The summed E-state index contributed by atoms with van der Waals surface area (Å²) < 4.78 is 13.0. The fourth-order valence-electron chi connectivity index (χ4n) is 1.81. The monoisotopic (exact) mass is 254 g/mol. The predicted octanol–water partition coefficient (Wildman–Crippen LogP) is 1.45. The van der Waals surface area contributed by atoms with Gasteiger partial charge in [0.05, 0.1) is 6.04 Å². The Labute approximate surface area is 104 Å². The van der Waals surface area contributed by atoms with Crippen molar-refractivity contribution in [3.05, 3.63) is 35.6 Å². The maximum absolute atomic E-state index is 13.0. The summed E-state index contributed by atoms with van der Waals surface area (Å²) in [6.07, 6.45) is 0. The van der Waals surface area contributed by atoms with Gasteiger partial charge in [-0.05, 0) is 17.7 Å². The predicted molar refractivity (Wildman–Crippen MR) is 67.1 cm³/mol. The lowest BCUT2D eigenvalue weighted by Crippen LogP contribution is -2.42. The summed E-state index contributed by atoms with van der Waals surface area (Å²) >= 11 is 1.72. The maximum Gasteiger partial charge on any atom is 0.240 e. The van der Waals surface area contributed by atoms with Crippen LogP contribution in [0.25, 0.3) is 0 Å². The number of likely N-dealkylation sites (N-methyl/N-ethyl adjacent to an activating group) is 1. The summed E-state index contributed by atoms with van der Waals surface area (Å²) in [7, 11) is 1.75. The molecule has 1 aromatic carbocycles. The van der Waals surface area contributed by atoms with Crippen LogP contribution in [0.4, 0.5) is 4.39 Å². The summed E-state index contributed by atoms with van der Waals surface area (Å²) in [5, 5.41) is 3.13. The van der Waals surface area contributed by atoms with Crippen LogP contribution in [0.5, 0.6) is 0 Å². The number of nitrogens with zero attached hydrogens (tertiary/aromatic N) is 1. The molecule has 1 atom stereocenters. The highest BCUT2D eigenvalue weighted by molar-refractivity contribution is 7.99. The van der Waals surface area contributed by atoms with E-state index in [-0.39, 0.29) is 17.8 Å². The Morgan fingerprint density at radius 2 is 2.47 bits per heavy atom. The van der Waals surface area contributed by atoms with Crippen molar-refractivity contribution in [2.75, 3.05) is 18.7 Å². The number of hydrogen-bond donors (Lipinski definition) is 1. The van der Waals surface area contributed by atoms with Crippen LogP contribution in [0.2, 0.25) is 0 Å². The van der Waals surface area contributed by atoms with Gasteiger partial charge in [0.1, 0.15) is 5.82 Å². The summed E-state index contributed by atoms with van der Waals surface area (Å²) in [6, 6.07) is 6.25. The molecule has 17 heavy (non-hydrogen) atoms. The average molecular weight is 254 g/mol. The van der Waals surface area contributed by atoms with Gasteiger partial charge in [-0.2, -0.15) is 0 Å². The highest BCUT2D eigenvalue weighted by atomic mass is 32.2. The molecular weight excluding hydrogens is 239 g/mol. The molecule has 0 bridgehead atoms. The molecule has 1 fully saturated rings. The number of rotatable bonds is 3. The van der Waals surface area contributed by atoms with Crippen molar-refractivity contribution >= 4 is 17.7 Å². The van der Waals surface area contributed by atoms with Gasteiger partial charge in [0.2, 0.25) is 5.91 Å². The lowest BCUT2D eigenvalue weighted by Gasteiger charge is -2.20. The van der Waals surface area contributed by atoms with E-state index in [0.29, 0.717) is 6.54 Å². The second-order valence-electron chi connectivity index (χ2n) is 4.10. The molecule has 1 aromatic rings. The second-order valence-corrected chi connectivity index (χ2v) is 5.13. The van der Waals surface area contributed by atoms with E-state index in [0.717, 1.165) is 17.2 Å². The molecule has 2 rings (SSSR count). The van der Waals surface area contributed by atoms with E-state index in [1.807, 2.05) is 6.07 Å². The number of amides is 1. The summed E-state index contributed by atoms with van der Waals surface area (Å²) in [5.74, 6) is 1.44. The van der Waals surface area contributed by atoms with Crippen molar-refractivity contribution in [3.8, 4) is 0 Å². The maximum atomic E-state index is 13.0. The molecule has 0 saturated carbocycles. The molecule has 1 aliphatic rings. The Bertz CT molecular complexity index is 407. The zero-order valence-corrected chi connectivity index (χ0v) is 10.5. The molecule has 0 aliphatic carbocycles. The molecule has 1 aliphatic heterocycles. The van der Waals surface area contributed by atoms with Gasteiger partial charge < -0.3 is 4.90 Å². The summed E-state index contributed by atoms with van der Waals surface area (Å²) in [4.78, 5) is 13.6. The zero-order chi connectivity index (χ0) is 12.3. The number of carbonyl (C=O) groups is 1.